The van der Waals surface area contributed by atoms with Crippen LogP contribution in [0, 0.1) is 16.3 Å². The summed E-state index contributed by atoms with van der Waals surface area (Å²) >= 11 is 2.29. The van der Waals surface area contributed by atoms with Gasteiger partial charge in [-0.2, -0.15) is 0 Å². The van der Waals surface area contributed by atoms with Gasteiger partial charge in [0.05, 0.1) is 0 Å². The number of likely N-dealkylation sites (N-methyl/N-ethyl adjacent to an activating group) is 1. The van der Waals surface area contributed by atoms with Crippen LogP contribution in [0.4, 0.5) is 4.39 Å². The zero-order valence-corrected chi connectivity index (χ0v) is 13.9. The molecule has 0 saturated heterocycles. The minimum absolute atomic E-state index is 0.0139. The minimum Gasteiger partial charge on any atom is -0.310 e. The molecule has 0 aliphatic heterocycles. The first-order chi connectivity index (χ1) is 9.60. The summed E-state index contributed by atoms with van der Waals surface area (Å²) in [6, 6.07) is 13.7. The van der Waals surface area contributed by atoms with E-state index in [1.54, 1.807) is 6.07 Å². The van der Waals surface area contributed by atoms with Crippen LogP contribution in [-0.2, 0) is 6.42 Å². The van der Waals surface area contributed by atoms with E-state index in [-0.39, 0.29) is 11.9 Å². The molecule has 0 saturated carbocycles. The van der Waals surface area contributed by atoms with Gasteiger partial charge < -0.3 is 5.32 Å². The van der Waals surface area contributed by atoms with E-state index in [4.69, 9.17) is 0 Å². The Morgan fingerprint density at radius 3 is 2.50 bits per heavy atom. The van der Waals surface area contributed by atoms with Gasteiger partial charge in [0.25, 0.3) is 0 Å². The number of nitrogens with one attached hydrogen (secondary N) is 1. The first-order valence-electron chi connectivity index (χ1n) is 6.84. The van der Waals surface area contributed by atoms with Crippen LogP contribution in [0.5, 0.6) is 0 Å². The number of halogens is 2. The Labute approximate surface area is 133 Å². The molecule has 1 unspecified atom stereocenters. The highest BCUT2D eigenvalue weighted by Gasteiger charge is 2.15. The number of hydrogen-bond acceptors (Lipinski definition) is 1. The molecule has 0 fully saturated rings. The van der Waals surface area contributed by atoms with Gasteiger partial charge in [0, 0.05) is 15.2 Å². The fourth-order valence-corrected chi connectivity index (χ4v) is 2.68. The van der Waals surface area contributed by atoms with Gasteiger partial charge in [0.15, 0.2) is 0 Å². The molecule has 1 N–H and O–H groups in total. The zero-order valence-electron chi connectivity index (χ0n) is 11.8. The fourth-order valence-electron chi connectivity index (χ4n) is 2.32. The Hall–Kier alpha value is -0.940. The molecule has 0 spiro atoms. The van der Waals surface area contributed by atoms with Gasteiger partial charge in [-0.15, -0.1) is 0 Å². The Morgan fingerprint density at radius 2 is 1.85 bits per heavy atom. The predicted octanol–water partition coefficient (Wildman–Crippen LogP) is 4.63. The van der Waals surface area contributed by atoms with E-state index in [2.05, 4.69) is 59.1 Å². The average Bonchev–Trinajstić information content (AvgIpc) is 2.43. The molecule has 3 heteroatoms. The van der Waals surface area contributed by atoms with Crippen LogP contribution in [0.25, 0.3) is 0 Å². The summed E-state index contributed by atoms with van der Waals surface area (Å²) in [5.74, 6) is -0.132. The molecule has 0 aromatic heterocycles. The summed E-state index contributed by atoms with van der Waals surface area (Å²) < 4.78 is 15.3. The summed E-state index contributed by atoms with van der Waals surface area (Å²) in [5.41, 5.74) is 3.06. The second kappa shape index (κ2) is 7.18. The van der Waals surface area contributed by atoms with Crippen molar-refractivity contribution in [2.24, 2.45) is 0 Å². The third kappa shape index (κ3) is 4.03. The maximum atomic E-state index is 14.1. The third-order valence-corrected chi connectivity index (χ3v) is 4.05. The lowest BCUT2D eigenvalue weighted by atomic mass is 9.97. The fraction of sp³-hybridized carbons (Fsp3) is 0.294. The lowest BCUT2D eigenvalue weighted by Gasteiger charge is -2.20. The quantitative estimate of drug-likeness (QED) is 0.743. The van der Waals surface area contributed by atoms with Crippen molar-refractivity contribution in [1.82, 2.24) is 5.32 Å². The van der Waals surface area contributed by atoms with E-state index < -0.39 is 0 Å². The monoisotopic (exact) mass is 383 g/mol. The maximum absolute atomic E-state index is 14.1. The topological polar surface area (TPSA) is 12.0 Å². The van der Waals surface area contributed by atoms with Gasteiger partial charge >= 0.3 is 0 Å². The van der Waals surface area contributed by atoms with E-state index >= 15 is 0 Å². The summed E-state index contributed by atoms with van der Waals surface area (Å²) in [6.45, 7) is 4.87. The number of benzene rings is 2. The standard InChI is InChI=1S/C17H19FIN/c1-3-20-17(11-13-5-7-14(19)8-6-13)15-10-12(2)4-9-16(15)18/h4-10,17,20H,3,11H2,1-2H3. The number of rotatable bonds is 5. The van der Waals surface area contributed by atoms with Gasteiger partial charge in [0.2, 0.25) is 0 Å². The van der Waals surface area contributed by atoms with Gasteiger partial charge in [-0.25, -0.2) is 4.39 Å². The number of aryl methyl sites for hydroxylation is 1. The highest BCUT2D eigenvalue weighted by atomic mass is 127. The van der Waals surface area contributed by atoms with Crippen molar-refractivity contribution in [2.75, 3.05) is 6.54 Å². The molecule has 20 heavy (non-hydrogen) atoms. The molecule has 0 bridgehead atoms. The number of hydrogen-bond donors (Lipinski definition) is 1. The van der Waals surface area contributed by atoms with E-state index in [9.17, 15) is 4.39 Å². The van der Waals surface area contributed by atoms with Crippen LogP contribution in [0.2, 0.25) is 0 Å². The molecule has 2 aromatic carbocycles. The molecule has 0 aliphatic carbocycles. The predicted molar refractivity (Wildman–Crippen MR) is 90.4 cm³/mol. The van der Waals surface area contributed by atoms with Crippen molar-refractivity contribution in [1.29, 1.82) is 0 Å². The Morgan fingerprint density at radius 1 is 1.15 bits per heavy atom. The van der Waals surface area contributed by atoms with E-state index in [0.29, 0.717) is 0 Å². The van der Waals surface area contributed by atoms with Crippen molar-refractivity contribution < 1.29 is 4.39 Å². The molecule has 1 nitrogen and oxygen atoms in total. The van der Waals surface area contributed by atoms with E-state index in [0.717, 1.165) is 24.1 Å². The molecular formula is C17H19FIN. The van der Waals surface area contributed by atoms with Crippen LogP contribution in [-0.4, -0.2) is 6.54 Å². The lowest BCUT2D eigenvalue weighted by Crippen LogP contribution is -2.24. The van der Waals surface area contributed by atoms with Crippen molar-refractivity contribution in [3.05, 3.63) is 68.5 Å². The lowest BCUT2D eigenvalue weighted by molar-refractivity contribution is 0.509. The Bertz CT molecular complexity index is 566. The van der Waals surface area contributed by atoms with Gasteiger partial charge in [-0.05, 0) is 66.2 Å². The third-order valence-electron chi connectivity index (χ3n) is 3.33. The summed E-state index contributed by atoms with van der Waals surface area (Å²) in [6.07, 6.45) is 0.797. The van der Waals surface area contributed by atoms with Crippen LogP contribution in [0.1, 0.15) is 29.7 Å². The average molecular weight is 383 g/mol. The van der Waals surface area contributed by atoms with Crippen LogP contribution < -0.4 is 5.32 Å². The van der Waals surface area contributed by atoms with Crippen molar-refractivity contribution >= 4 is 22.6 Å². The van der Waals surface area contributed by atoms with Crippen molar-refractivity contribution in [3.8, 4) is 0 Å². The molecule has 106 valence electrons. The van der Waals surface area contributed by atoms with Gasteiger partial charge in [0.1, 0.15) is 5.82 Å². The normalized spacial score (nSPS) is 12.4. The Balaban J connectivity index is 2.26. The minimum atomic E-state index is -0.132. The van der Waals surface area contributed by atoms with Crippen LogP contribution >= 0.6 is 22.6 Å². The summed E-state index contributed by atoms with van der Waals surface area (Å²) in [4.78, 5) is 0. The molecule has 1 atom stereocenters. The highest BCUT2D eigenvalue weighted by molar-refractivity contribution is 14.1. The second-order valence-electron chi connectivity index (χ2n) is 4.97. The van der Waals surface area contributed by atoms with E-state index in [1.807, 2.05) is 19.1 Å². The molecule has 0 heterocycles. The highest BCUT2D eigenvalue weighted by Crippen LogP contribution is 2.23. The van der Waals surface area contributed by atoms with Crippen LogP contribution in [0.3, 0.4) is 0 Å². The summed E-state index contributed by atoms with van der Waals surface area (Å²) in [7, 11) is 0. The smallest absolute Gasteiger partial charge is 0.128 e. The van der Waals surface area contributed by atoms with Gasteiger partial charge in [-0.3, -0.25) is 0 Å². The maximum Gasteiger partial charge on any atom is 0.128 e. The molecule has 2 aromatic rings. The van der Waals surface area contributed by atoms with Gasteiger partial charge in [-0.1, -0.05) is 36.8 Å². The van der Waals surface area contributed by atoms with Crippen LogP contribution in [0.15, 0.2) is 42.5 Å². The summed E-state index contributed by atoms with van der Waals surface area (Å²) in [5, 5.41) is 3.39. The Kier molecular flexibility index (Phi) is 5.54. The first-order valence-corrected chi connectivity index (χ1v) is 7.92. The molecule has 0 radical (unpaired) electrons. The van der Waals surface area contributed by atoms with Crippen molar-refractivity contribution in [3.63, 3.8) is 0 Å². The van der Waals surface area contributed by atoms with E-state index in [1.165, 1.54) is 9.13 Å². The zero-order chi connectivity index (χ0) is 14.5. The molecular weight excluding hydrogens is 364 g/mol. The largest absolute Gasteiger partial charge is 0.310 e. The second-order valence-corrected chi connectivity index (χ2v) is 6.21. The molecule has 0 aliphatic rings. The first kappa shape index (κ1) is 15.4. The van der Waals surface area contributed by atoms with Crippen molar-refractivity contribution in [2.45, 2.75) is 26.3 Å². The SMILES string of the molecule is CCNC(Cc1ccc(I)cc1)c1cc(C)ccc1F. The molecule has 2 rings (SSSR count). The molecule has 0 amide bonds.